The molecule has 0 fully saturated rings. The number of carbonyl (C=O) groups is 1. The van der Waals surface area contributed by atoms with E-state index in [1.807, 2.05) is 12.1 Å². The predicted octanol–water partition coefficient (Wildman–Crippen LogP) is 2.57. The molecule has 0 spiro atoms. The molecular weight excluding hydrogens is 292 g/mol. The highest BCUT2D eigenvalue weighted by Crippen LogP contribution is 2.19. The van der Waals surface area contributed by atoms with Crippen molar-refractivity contribution in [1.82, 2.24) is 20.3 Å². The maximum atomic E-state index is 12.2. The molecular formula is C17H16N4O2. The smallest absolute Gasteiger partial charge is 0.251 e. The van der Waals surface area contributed by atoms with Crippen LogP contribution in [0.5, 0.6) is 11.6 Å². The van der Waals surface area contributed by atoms with Crippen molar-refractivity contribution in [3.8, 4) is 11.6 Å². The van der Waals surface area contributed by atoms with Gasteiger partial charge in [-0.25, -0.2) is 9.97 Å². The summed E-state index contributed by atoms with van der Waals surface area (Å²) in [6.45, 7) is 0.534. The highest BCUT2D eigenvalue weighted by atomic mass is 16.5. The van der Waals surface area contributed by atoms with Gasteiger partial charge in [0, 0.05) is 42.7 Å². The van der Waals surface area contributed by atoms with E-state index in [9.17, 15) is 4.79 Å². The van der Waals surface area contributed by atoms with Crippen LogP contribution in [-0.4, -0.2) is 27.4 Å². The molecule has 1 amide bonds. The normalized spacial score (nSPS) is 10.3. The quantitative estimate of drug-likeness (QED) is 0.733. The molecule has 0 radical (unpaired) electrons. The van der Waals surface area contributed by atoms with Crippen LogP contribution in [0, 0.1) is 0 Å². The summed E-state index contributed by atoms with van der Waals surface area (Å²) >= 11 is 0. The summed E-state index contributed by atoms with van der Waals surface area (Å²) in [7, 11) is 0. The molecule has 0 aliphatic heterocycles. The number of benzene rings is 1. The van der Waals surface area contributed by atoms with E-state index in [0.717, 1.165) is 5.69 Å². The first-order valence-corrected chi connectivity index (χ1v) is 7.26. The average molecular weight is 308 g/mol. The topological polar surface area (TPSA) is 79.9 Å². The lowest BCUT2D eigenvalue weighted by molar-refractivity contribution is 0.0953. The lowest BCUT2D eigenvalue weighted by Crippen LogP contribution is -2.25. The number of pyridine rings is 1. The number of amides is 1. The van der Waals surface area contributed by atoms with E-state index in [4.69, 9.17) is 4.74 Å². The van der Waals surface area contributed by atoms with Gasteiger partial charge in [0.05, 0.1) is 6.33 Å². The Labute approximate surface area is 133 Å². The van der Waals surface area contributed by atoms with E-state index in [-0.39, 0.29) is 5.91 Å². The molecule has 0 saturated heterocycles. The van der Waals surface area contributed by atoms with Crippen molar-refractivity contribution < 1.29 is 9.53 Å². The molecule has 0 bridgehead atoms. The molecule has 6 nitrogen and oxygen atoms in total. The number of carbonyl (C=O) groups excluding carboxylic acids is 1. The SMILES string of the molecule is O=C(NCCc1cnc[nH]1)c1cccc(Oc2ccccn2)c1. The summed E-state index contributed by atoms with van der Waals surface area (Å²) < 4.78 is 5.63. The van der Waals surface area contributed by atoms with Crippen LogP contribution in [0.1, 0.15) is 16.1 Å². The van der Waals surface area contributed by atoms with Gasteiger partial charge in [-0.05, 0) is 24.3 Å². The van der Waals surface area contributed by atoms with Crippen LogP contribution >= 0.6 is 0 Å². The average Bonchev–Trinajstić information content (AvgIpc) is 3.09. The largest absolute Gasteiger partial charge is 0.439 e. The molecule has 2 heterocycles. The minimum Gasteiger partial charge on any atom is -0.439 e. The zero-order valence-corrected chi connectivity index (χ0v) is 12.4. The van der Waals surface area contributed by atoms with Crippen molar-refractivity contribution in [2.75, 3.05) is 6.54 Å². The van der Waals surface area contributed by atoms with E-state index in [0.29, 0.717) is 30.2 Å². The Bertz CT molecular complexity index is 757. The third-order valence-electron chi connectivity index (χ3n) is 3.19. The standard InChI is InChI=1S/C17H16N4O2/c22-17(20-9-7-14-11-18-12-21-14)13-4-3-5-15(10-13)23-16-6-1-2-8-19-16/h1-6,8,10-12H,7,9H2,(H,18,21)(H,20,22). The lowest BCUT2D eigenvalue weighted by Gasteiger charge is -2.07. The second-order valence-electron chi connectivity index (χ2n) is 4.88. The molecule has 3 aromatic rings. The monoisotopic (exact) mass is 308 g/mol. The molecule has 2 aromatic heterocycles. The molecule has 0 atom stereocenters. The number of aromatic nitrogens is 3. The number of hydrogen-bond acceptors (Lipinski definition) is 4. The molecule has 0 aliphatic rings. The minimum absolute atomic E-state index is 0.143. The number of rotatable bonds is 6. The zero-order chi connectivity index (χ0) is 15.9. The van der Waals surface area contributed by atoms with Gasteiger partial charge in [0.1, 0.15) is 5.75 Å². The van der Waals surface area contributed by atoms with Gasteiger partial charge in [0.2, 0.25) is 5.88 Å². The molecule has 0 saturated carbocycles. The van der Waals surface area contributed by atoms with Gasteiger partial charge in [-0.1, -0.05) is 12.1 Å². The second kappa shape index (κ2) is 7.22. The Kier molecular flexibility index (Phi) is 4.63. The highest BCUT2D eigenvalue weighted by Gasteiger charge is 2.07. The van der Waals surface area contributed by atoms with Gasteiger partial charge in [-0.15, -0.1) is 0 Å². The predicted molar refractivity (Wildman–Crippen MR) is 85.4 cm³/mol. The van der Waals surface area contributed by atoms with Crippen molar-refractivity contribution in [3.63, 3.8) is 0 Å². The van der Waals surface area contributed by atoms with Crippen LogP contribution < -0.4 is 10.1 Å². The Balaban J connectivity index is 1.59. The van der Waals surface area contributed by atoms with E-state index in [1.165, 1.54) is 0 Å². The number of ether oxygens (including phenoxy) is 1. The van der Waals surface area contributed by atoms with Crippen LogP contribution in [0.4, 0.5) is 0 Å². The summed E-state index contributed by atoms with van der Waals surface area (Å²) in [4.78, 5) is 23.2. The second-order valence-corrected chi connectivity index (χ2v) is 4.88. The first-order chi connectivity index (χ1) is 11.3. The van der Waals surface area contributed by atoms with Gasteiger partial charge in [0.25, 0.3) is 5.91 Å². The van der Waals surface area contributed by atoms with Crippen molar-refractivity contribution in [2.24, 2.45) is 0 Å². The van der Waals surface area contributed by atoms with Crippen molar-refractivity contribution in [3.05, 3.63) is 72.4 Å². The fraction of sp³-hybridized carbons (Fsp3) is 0.118. The molecule has 2 N–H and O–H groups in total. The molecule has 116 valence electrons. The lowest BCUT2D eigenvalue weighted by atomic mass is 10.2. The molecule has 0 aliphatic carbocycles. The Hall–Kier alpha value is -3.15. The third kappa shape index (κ3) is 4.16. The van der Waals surface area contributed by atoms with E-state index >= 15 is 0 Å². The Morgan fingerprint density at radius 2 is 2.17 bits per heavy atom. The van der Waals surface area contributed by atoms with Gasteiger partial charge < -0.3 is 15.0 Å². The van der Waals surface area contributed by atoms with Gasteiger partial charge >= 0.3 is 0 Å². The van der Waals surface area contributed by atoms with Crippen molar-refractivity contribution in [1.29, 1.82) is 0 Å². The molecule has 23 heavy (non-hydrogen) atoms. The Morgan fingerprint density at radius 1 is 1.22 bits per heavy atom. The van der Waals surface area contributed by atoms with Crippen LogP contribution in [0.3, 0.4) is 0 Å². The zero-order valence-electron chi connectivity index (χ0n) is 12.4. The first kappa shape index (κ1) is 14.8. The van der Waals surface area contributed by atoms with Gasteiger partial charge in [-0.3, -0.25) is 4.79 Å². The van der Waals surface area contributed by atoms with Crippen LogP contribution in [-0.2, 0) is 6.42 Å². The summed E-state index contributed by atoms with van der Waals surface area (Å²) in [5.41, 5.74) is 1.53. The maximum absolute atomic E-state index is 12.2. The number of nitrogens with one attached hydrogen (secondary N) is 2. The van der Waals surface area contributed by atoms with Crippen molar-refractivity contribution >= 4 is 5.91 Å². The van der Waals surface area contributed by atoms with Gasteiger partial charge in [0.15, 0.2) is 0 Å². The highest BCUT2D eigenvalue weighted by molar-refractivity contribution is 5.94. The minimum atomic E-state index is -0.143. The van der Waals surface area contributed by atoms with E-state index < -0.39 is 0 Å². The fourth-order valence-corrected chi connectivity index (χ4v) is 2.06. The summed E-state index contributed by atoms with van der Waals surface area (Å²) in [6, 6.07) is 12.4. The fourth-order valence-electron chi connectivity index (χ4n) is 2.06. The third-order valence-corrected chi connectivity index (χ3v) is 3.19. The van der Waals surface area contributed by atoms with E-state index in [2.05, 4.69) is 20.3 Å². The van der Waals surface area contributed by atoms with E-state index in [1.54, 1.807) is 49.1 Å². The summed E-state index contributed by atoms with van der Waals surface area (Å²) in [6.07, 6.45) is 5.72. The maximum Gasteiger partial charge on any atom is 0.251 e. The van der Waals surface area contributed by atoms with Crippen molar-refractivity contribution in [2.45, 2.75) is 6.42 Å². The molecule has 0 unspecified atom stereocenters. The summed E-state index contributed by atoms with van der Waals surface area (Å²) in [5.74, 6) is 0.921. The first-order valence-electron chi connectivity index (χ1n) is 7.26. The number of aromatic amines is 1. The number of H-pyrrole nitrogens is 1. The number of imidazole rings is 1. The van der Waals surface area contributed by atoms with Gasteiger partial charge in [-0.2, -0.15) is 0 Å². The van der Waals surface area contributed by atoms with Crippen LogP contribution in [0.25, 0.3) is 0 Å². The molecule has 6 heteroatoms. The Morgan fingerprint density at radius 3 is 2.96 bits per heavy atom. The van der Waals surface area contributed by atoms with Crippen LogP contribution in [0.15, 0.2) is 61.2 Å². The summed E-state index contributed by atoms with van der Waals surface area (Å²) in [5, 5.41) is 2.87. The molecule has 3 rings (SSSR count). The number of nitrogens with zero attached hydrogens (tertiary/aromatic N) is 2. The number of hydrogen-bond donors (Lipinski definition) is 2. The van der Waals surface area contributed by atoms with Crippen LogP contribution in [0.2, 0.25) is 0 Å². The molecule has 1 aromatic carbocycles.